The molecular formula is C27H32N4O4S. The van der Waals surface area contributed by atoms with Gasteiger partial charge in [-0.3, -0.25) is 9.52 Å². The molecule has 1 fully saturated rings. The van der Waals surface area contributed by atoms with Gasteiger partial charge in [-0.25, -0.2) is 13.4 Å². The maximum Gasteiger partial charge on any atom is 0.255 e. The van der Waals surface area contributed by atoms with Crippen molar-refractivity contribution in [1.82, 2.24) is 10.3 Å². The number of aryl methyl sites for hydroxylation is 2. The monoisotopic (exact) mass is 508 g/mol. The number of carbonyl (C=O) groups is 1. The largest absolute Gasteiger partial charge is 0.383 e. The second-order valence-electron chi connectivity index (χ2n) is 9.39. The Kier molecular flexibility index (Phi) is 7.61. The molecule has 1 aliphatic rings. The van der Waals surface area contributed by atoms with E-state index in [0.717, 1.165) is 31.1 Å². The van der Waals surface area contributed by atoms with E-state index in [1.54, 1.807) is 30.5 Å². The lowest BCUT2D eigenvalue weighted by Gasteiger charge is -2.22. The smallest absolute Gasteiger partial charge is 0.255 e. The van der Waals surface area contributed by atoms with Crippen molar-refractivity contribution in [3.8, 4) is 11.1 Å². The van der Waals surface area contributed by atoms with Gasteiger partial charge in [0.05, 0.1) is 30.6 Å². The number of hydrogen-bond donors (Lipinski definition) is 3. The molecule has 1 heterocycles. The van der Waals surface area contributed by atoms with Gasteiger partial charge >= 0.3 is 0 Å². The van der Waals surface area contributed by atoms with Crippen molar-refractivity contribution in [2.24, 2.45) is 0 Å². The van der Waals surface area contributed by atoms with E-state index in [0.29, 0.717) is 23.4 Å². The highest BCUT2D eigenvalue weighted by Crippen LogP contribution is 2.27. The van der Waals surface area contributed by atoms with Crippen LogP contribution in [0.25, 0.3) is 11.1 Å². The van der Waals surface area contributed by atoms with Gasteiger partial charge < -0.3 is 15.8 Å². The van der Waals surface area contributed by atoms with Crippen molar-refractivity contribution in [2.75, 3.05) is 16.7 Å². The fourth-order valence-electron chi connectivity index (χ4n) is 4.42. The number of amides is 1. The molecule has 0 aliphatic heterocycles. The van der Waals surface area contributed by atoms with Crippen molar-refractivity contribution in [3.05, 3.63) is 77.0 Å². The minimum atomic E-state index is -3.41. The minimum Gasteiger partial charge on any atom is -0.383 e. The molecule has 1 aromatic heterocycles. The lowest BCUT2D eigenvalue weighted by atomic mass is 10.0. The molecule has 1 amide bonds. The fourth-order valence-corrected chi connectivity index (χ4v) is 4.98. The highest BCUT2D eigenvalue weighted by atomic mass is 32.2. The first-order chi connectivity index (χ1) is 17.1. The molecule has 8 nitrogen and oxygen atoms in total. The predicted octanol–water partition coefficient (Wildman–Crippen LogP) is 4.19. The van der Waals surface area contributed by atoms with Gasteiger partial charge in [0.15, 0.2) is 0 Å². The Labute approximate surface area is 212 Å². The molecular weight excluding hydrogens is 476 g/mol. The summed E-state index contributed by atoms with van der Waals surface area (Å²) < 4.78 is 31.8. The Morgan fingerprint density at radius 1 is 1.08 bits per heavy atom. The van der Waals surface area contributed by atoms with Crippen LogP contribution in [0.4, 0.5) is 11.5 Å². The summed E-state index contributed by atoms with van der Waals surface area (Å²) in [4.78, 5) is 17.4. The lowest BCUT2D eigenvalue weighted by molar-refractivity contribution is 0.0272. The van der Waals surface area contributed by atoms with E-state index in [2.05, 4.69) is 47.1 Å². The van der Waals surface area contributed by atoms with Gasteiger partial charge in [0.1, 0.15) is 5.82 Å². The molecule has 0 unspecified atom stereocenters. The average Bonchev–Trinajstić information content (AvgIpc) is 3.26. The van der Waals surface area contributed by atoms with E-state index in [9.17, 15) is 13.2 Å². The Hall–Kier alpha value is -3.43. The third-order valence-corrected chi connectivity index (χ3v) is 7.07. The molecule has 4 N–H and O–H groups in total. The van der Waals surface area contributed by atoms with Crippen LogP contribution in [0.3, 0.4) is 0 Å². The second kappa shape index (κ2) is 10.7. The van der Waals surface area contributed by atoms with Gasteiger partial charge in [-0.15, -0.1) is 0 Å². The predicted molar refractivity (Wildman–Crippen MR) is 142 cm³/mol. The average molecular weight is 509 g/mol. The SMILES string of the molecule is Cc1ccc(CO[C@H]2CCC[C@@H]2NC(=O)c2cc(-c3cccc(NS(C)(=O)=O)c3)cnc2N)cc1C. The number of pyridine rings is 1. The standard InChI is InChI=1S/C27H32N4O4S/c1-17-10-11-19(12-18(17)2)16-35-25-9-5-8-24(25)30-27(32)23-14-21(15-29-26(23)28)20-6-4-7-22(13-20)31-36(3,33)34/h4,6-7,10-15,24-25,31H,5,8-9,16H2,1-3H3,(H2,28,29)(H,30,32)/t24-,25-/m0/s1. The van der Waals surface area contributed by atoms with Crippen molar-refractivity contribution < 1.29 is 17.9 Å². The summed E-state index contributed by atoms with van der Waals surface area (Å²) in [5.74, 6) is -0.175. The molecule has 1 aliphatic carbocycles. The van der Waals surface area contributed by atoms with Crippen LogP contribution in [0.5, 0.6) is 0 Å². The van der Waals surface area contributed by atoms with Gasteiger partial charge in [0, 0.05) is 17.4 Å². The zero-order valence-corrected chi connectivity index (χ0v) is 21.6. The summed E-state index contributed by atoms with van der Waals surface area (Å²) in [5.41, 5.74) is 11.7. The number of benzene rings is 2. The van der Waals surface area contributed by atoms with Crippen LogP contribution in [0.2, 0.25) is 0 Å². The highest BCUT2D eigenvalue weighted by Gasteiger charge is 2.30. The first kappa shape index (κ1) is 25.7. The number of carbonyl (C=O) groups excluding carboxylic acids is 1. The fraction of sp³-hybridized carbons (Fsp3) is 0.333. The number of sulfonamides is 1. The van der Waals surface area contributed by atoms with E-state index < -0.39 is 10.0 Å². The maximum absolute atomic E-state index is 13.2. The van der Waals surface area contributed by atoms with Gasteiger partial charge in [0.25, 0.3) is 5.91 Å². The van der Waals surface area contributed by atoms with E-state index in [-0.39, 0.29) is 29.4 Å². The molecule has 190 valence electrons. The first-order valence-corrected chi connectivity index (χ1v) is 13.8. The molecule has 9 heteroatoms. The van der Waals surface area contributed by atoms with Gasteiger partial charge in [-0.1, -0.05) is 30.3 Å². The topological polar surface area (TPSA) is 123 Å². The molecule has 0 radical (unpaired) electrons. The zero-order valence-electron chi connectivity index (χ0n) is 20.7. The summed E-state index contributed by atoms with van der Waals surface area (Å²) in [7, 11) is -3.41. The normalized spacial score (nSPS) is 17.6. The third kappa shape index (κ3) is 6.41. The first-order valence-electron chi connectivity index (χ1n) is 11.9. The van der Waals surface area contributed by atoms with Crippen LogP contribution in [0, 0.1) is 13.8 Å². The van der Waals surface area contributed by atoms with Gasteiger partial charge in [-0.05, 0) is 73.6 Å². The number of nitrogen functional groups attached to an aromatic ring is 1. The van der Waals surface area contributed by atoms with E-state index in [1.165, 1.54) is 11.1 Å². The number of hydrogen-bond acceptors (Lipinski definition) is 6. The van der Waals surface area contributed by atoms with Crippen molar-refractivity contribution in [3.63, 3.8) is 0 Å². The van der Waals surface area contributed by atoms with E-state index >= 15 is 0 Å². The second-order valence-corrected chi connectivity index (χ2v) is 11.1. The van der Waals surface area contributed by atoms with E-state index in [1.807, 2.05) is 6.07 Å². The summed E-state index contributed by atoms with van der Waals surface area (Å²) in [6, 6.07) is 14.7. The Morgan fingerprint density at radius 3 is 2.64 bits per heavy atom. The van der Waals surface area contributed by atoms with Crippen LogP contribution < -0.4 is 15.8 Å². The number of nitrogens with zero attached hydrogens (tertiary/aromatic N) is 1. The Morgan fingerprint density at radius 2 is 1.89 bits per heavy atom. The van der Waals surface area contributed by atoms with Crippen molar-refractivity contribution in [1.29, 1.82) is 0 Å². The Bertz CT molecular complexity index is 1370. The van der Waals surface area contributed by atoms with Crippen molar-refractivity contribution >= 4 is 27.4 Å². The number of ether oxygens (including phenoxy) is 1. The lowest BCUT2D eigenvalue weighted by Crippen LogP contribution is -2.41. The molecule has 2 atom stereocenters. The number of anilines is 2. The van der Waals surface area contributed by atoms with Crippen LogP contribution >= 0.6 is 0 Å². The minimum absolute atomic E-state index is 0.0772. The number of nitrogens with one attached hydrogen (secondary N) is 2. The van der Waals surface area contributed by atoms with Gasteiger partial charge in [-0.2, -0.15) is 0 Å². The van der Waals surface area contributed by atoms with Gasteiger partial charge in [0.2, 0.25) is 10.0 Å². The van der Waals surface area contributed by atoms with Crippen LogP contribution in [0.15, 0.2) is 54.7 Å². The summed E-state index contributed by atoms with van der Waals surface area (Å²) in [6.07, 6.45) is 5.26. The summed E-state index contributed by atoms with van der Waals surface area (Å²) >= 11 is 0. The quantitative estimate of drug-likeness (QED) is 0.419. The molecule has 0 spiro atoms. The van der Waals surface area contributed by atoms with Crippen LogP contribution in [-0.2, 0) is 21.4 Å². The number of nitrogens with two attached hydrogens (primary N) is 1. The Balaban J connectivity index is 1.46. The van der Waals surface area contributed by atoms with E-state index in [4.69, 9.17) is 10.5 Å². The summed E-state index contributed by atoms with van der Waals surface area (Å²) in [6.45, 7) is 4.67. The highest BCUT2D eigenvalue weighted by molar-refractivity contribution is 7.92. The zero-order chi connectivity index (χ0) is 25.9. The van der Waals surface area contributed by atoms with Crippen molar-refractivity contribution in [2.45, 2.75) is 51.9 Å². The molecule has 3 aromatic rings. The number of rotatable bonds is 8. The molecule has 2 aromatic carbocycles. The molecule has 0 saturated heterocycles. The maximum atomic E-state index is 13.2. The van der Waals surface area contributed by atoms with Crippen LogP contribution in [-0.4, -0.2) is 37.7 Å². The summed E-state index contributed by atoms with van der Waals surface area (Å²) in [5, 5.41) is 3.09. The molecule has 4 rings (SSSR count). The molecule has 0 bridgehead atoms. The third-order valence-electron chi connectivity index (χ3n) is 6.47. The number of aromatic nitrogens is 1. The van der Waals surface area contributed by atoms with Crippen LogP contribution in [0.1, 0.15) is 46.3 Å². The molecule has 36 heavy (non-hydrogen) atoms. The molecule has 1 saturated carbocycles.